The third-order valence-corrected chi connectivity index (χ3v) is 6.83. The van der Waals surface area contributed by atoms with E-state index in [2.05, 4.69) is 26.8 Å². The fourth-order valence-corrected chi connectivity index (χ4v) is 4.87. The predicted octanol–water partition coefficient (Wildman–Crippen LogP) is 10.1. The quantitative estimate of drug-likeness (QED) is 0.192. The number of aromatic hydroxyl groups is 1. The van der Waals surface area contributed by atoms with E-state index in [1.165, 1.54) is 132 Å². The Hall–Kier alpha value is -0.980. The molecule has 0 atom stereocenters. The number of hydrogen-bond acceptors (Lipinski definition) is 1. The number of aryl methyl sites for hydroxylation is 1. The molecule has 0 unspecified atom stereocenters. The van der Waals surface area contributed by atoms with E-state index in [1.54, 1.807) is 0 Å². The lowest BCUT2D eigenvalue weighted by Gasteiger charge is -2.17. The first-order valence-corrected chi connectivity index (χ1v) is 14.1. The van der Waals surface area contributed by atoms with Gasteiger partial charge in [-0.2, -0.15) is 0 Å². The molecule has 0 aliphatic rings. The van der Waals surface area contributed by atoms with Crippen molar-refractivity contribution in [3.05, 3.63) is 28.8 Å². The van der Waals surface area contributed by atoms with Gasteiger partial charge in [0, 0.05) is 0 Å². The summed E-state index contributed by atoms with van der Waals surface area (Å²) in [5.41, 5.74) is 4.26. The summed E-state index contributed by atoms with van der Waals surface area (Å²) in [5.74, 6) is 0.550. The van der Waals surface area contributed by atoms with Crippen molar-refractivity contribution in [3.63, 3.8) is 0 Å². The molecule has 0 bridgehead atoms. The lowest BCUT2D eigenvalue weighted by molar-refractivity contribution is 0.463. The van der Waals surface area contributed by atoms with Gasteiger partial charge in [0.1, 0.15) is 5.75 Å². The Bertz CT molecular complexity index is 533. The average molecular weight is 431 g/mol. The topological polar surface area (TPSA) is 20.2 Å². The van der Waals surface area contributed by atoms with Crippen LogP contribution in [-0.2, 0) is 19.3 Å². The molecule has 1 heteroatoms. The Morgan fingerprint density at radius 3 is 1.32 bits per heavy atom. The van der Waals surface area contributed by atoms with E-state index in [9.17, 15) is 5.11 Å². The minimum absolute atomic E-state index is 0.550. The zero-order valence-corrected chi connectivity index (χ0v) is 21.5. The van der Waals surface area contributed by atoms with Gasteiger partial charge in [-0.1, -0.05) is 130 Å². The molecule has 1 aromatic carbocycles. The van der Waals surface area contributed by atoms with E-state index in [1.807, 2.05) is 6.07 Å². The molecular weight excluding hydrogens is 376 g/mol. The number of phenolic OH excluding ortho intramolecular Hbond substituents is 1. The van der Waals surface area contributed by atoms with Gasteiger partial charge in [0.2, 0.25) is 0 Å². The SMILES string of the molecule is CCCCCCCCCCCCc1c(O)ccc(CCC)c1CCCCCCCCC. The number of rotatable bonds is 21. The van der Waals surface area contributed by atoms with Crippen LogP contribution in [0.2, 0.25) is 0 Å². The number of phenols is 1. The van der Waals surface area contributed by atoms with Gasteiger partial charge in [0.05, 0.1) is 0 Å². The van der Waals surface area contributed by atoms with Gasteiger partial charge in [-0.05, 0) is 54.9 Å². The molecule has 0 amide bonds. The van der Waals surface area contributed by atoms with Crippen molar-refractivity contribution in [3.8, 4) is 5.75 Å². The summed E-state index contributed by atoms with van der Waals surface area (Å²) in [6.07, 6.45) is 27.7. The molecule has 0 fully saturated rings. The molecule has 0 aliphatic carbocycles. The molecule has 1 nitrogen and oxygen atoms in total. The second kappa shape index (κ2) is 19.7. The van der Waals surface area contributed by atoms with Crippen molar-refractivity contribution in [2.75, 3.05) is 0 Å². The van der Waals surface area contributed by atoms with Crippen LogP contribution >= 0.6 is 0 Å². The summed E-state index contributed by atoms with van der Waals surface area (Å²) < 4.78 is 0. The monoisotopic (exact) mass is 430 g/mol. The van der Waals surface area contributed by atoms with Crippen molar-refractivity contribution in [2.24, 2.45) is 0 Å². The molecule has 0 radical (unpaired) electrons. The molecule has 0 spiro atoms. The van der Waals surface area contributed by atoms with Crippen LogP contribution in [0.25, 0.3) is 0 Å². The van der Waals surface area contributed by atoms with Crippen molar-refractivity contribution < 1.29 is 5.11 Å². The van der Waals surface area contributed by atoms with Crippen molar-refractivity contribution in [2.45, 2.75) is 156 Å². The second-order valence-corrected chi connectivity index (χ2v) is 9.75. The molecule has 0 saturated heterocycles. The normalized spacial score (nSPS) is 11.3. The average Bonchev–Trinajstić information content (AvgIpc) is 2.77. The van der Waals surface area contributed by atoms with Gasteiger partial charge in [-0.3, -0.25) is 0 Å². The maximum atomic E-state index is 10.6. The molecule has 1 aromatic rings. The zero-order chi connectivity index (χ0) is 22.6. The van der Waals surface area contributed by atoms with Crippen LogP contribution in [-0.4, -0.2) is 5.11 Å². The standard InChI is InChI=1S/C30H54O/c1-4-7-9-11-13-14-15-17-19-21-24-29-28(23-20-18-16-12-10-8-5-2)27(22-6-3)25-26-30(29)31/h25-26,31H,4-24H2,1-3H3. The first kappa shape index (κ1) is 28.1. The van der Waals surface area contributed by atoms with Crippen LogP contribution in [0.15, 0.2) is 12.1 Å². The van der Waals surface area contributed by atoms with Gasteiger partial charge in [0.25, 0.3) is 0 Å². The van der Waals surface area contributed by atoms with Crippen molar-refractivity contribution >= 4 is 0 Å². The van der Waals surface area contributed by atoms with Crippen LogP contribution in [0.5, 0.6) is 5.75 Å². The third kappa shape index (κ3) is 13.2. The smallest absolute Gasteiger partial charge is 0.119 e. The molecule has 0 heterocycles. The van der Waals surface area contributed by atoms with Crippen LogP contribution in [0, 0.1) is 0 Å². The van der Waals surface area contributed by atoms with Gasteiger partial charge < -0.3 is 5.11 Å². The number of benzene rings is 1. The van der Waals surface area contributed by atoms with Crippen LogP contribution in [0.3, 0.4) is 0 Å². The van der Waals surface area contributed by atoms with Gasteiger partial charge in [0.15, 0.2) is 0 Å². The Morgan fingerprint density at radius 1 is 0.452 bits per heavy atom. The first-order valence-electron chi connectivity index (χ1n) is 14.1. The van der Waals surface area contributed by atoms with Crippen LogP contribution < -0.4 is 0 Å². The van der Waals surface area contributed by atoms with Gasteiger partial charge in [-0.15, -0.1) is 0 Å². The summed E-state index contributed by atoms with van der Waals surface area (Å²) in [6, 6.07) is 4.16. The van der Waals surface area contributed by atoms with Gasteiger partial charge in [-0.25, -0.2) is 0 Å². The fourth-order valence-electron chi connectivity index (χ4n) is 4.87. The van der Waals surface area contributed by atoms with E-state index in [0.29, 0.717) is 5.75 Å². The summed E-state index contributed by atoms with van der Waals surface area (Å²) in [4.78, 5) is 0. The Labute approximate surface area is 195 Å². The summed E-state index contributed by atoms with van der Waals surface area (Å²) >= 11 is 0. The van der Waals surface area contributed by atoms with Crippen LogP contribution in [0.4, 0.5) is 0 Å². The number of hydrogen-bond donors (Lipinski definition) is 1. The van der Waals surface area contributed by atoms with Crippen molar-refractivity contribution in [1.29, 1.82) is 0 Å². The minimum Gasteiger partial charge on any atom is -0.508 e. The predicted molar refractivity (Wildman–Crippen MR) is 139 cm³/mol. The van der Waals surface area contributed by atoms with Crippen LogP contribution in [0.1, 0.15) is 153 Å². The molecule has 0 aromatic heterocycles. The lowest BCUT2D eigenvalue weighted by Crippen LogP contribution is -2.02. The second-order valence-electron chi connectivity index (χ2n) is 9.75. The zero-order valence-electron chi connectivity index (χ0n) is 21.5. The Morgan fingerprint density at radius 2 is 0.871 bits per heavy atom. The highest BCUT2D eigenvalue weighted by molar-refractivity contribution is 5.45. The summed E-state index contributed by atoms with van der Waals surface area (Å²) in [6.45, 7) is 6.84. The van der Waals surface area contributed by atoms with E-state index in [-0.39, 0.29) is 0 Å². The van der Waals surface area contributed by atoms with Crippen molar-refractivity contribution in [1.82, 2.24) is 0 Å². The van der Waals surface area contributed by atoms with E-state index in [0.717, 1.165) is 19.3 Å². The Balaban J connectivity index is 2.42. The summed E-state index contributed by atoms with van der Waals surface area (Å²) in [5, 5.41) is 10.6. The highest BCUT2D eigenvalue weighted by Crippen LogP contribution is 2.29. The minimum atomic E-state index is 0.550. The maximum absolute atomic E-state index is 10.6. The number of unbranched alkanes of at least 4 members (excludes halogenated alkanes) is 15. The molecule has 1 rings (SSSR count). The third-order valence-electron chi connectivity index (χ3n) is 6.83. The highest BCUT2D eigenvalue weighted by atomic mass is 16.3. The maximum Gasteiger partial charge on any atom is 0.119 e. The largest absolute Gasteiger partial charge is 0.508 e. The first-order chi connectivity index (χ1) is 15.2. The molecule has 180 valence electrons. The molecule has 31 heavy (non-hydrogen) atoms. The molecule has 0 aliphatic heterocycles. The molecular formula is C30H54O. The fraction of sp³-hybridized carbons (Fsp3) is 0.800. The molecule has 0 saturated carbocycles. The highest BCUT2D eigenvalue weighted by Gasteiger charge is 2.12. The lowest BCUT2D eigenvalue weighted by atomic mass is 9.90. The Kier molecular flexibility index (Phi) is 17.8. The summed E-state index contributed by atoms with van der Waals surface area (Å²) in [7, 11) is 0. The van der Waals surface area contributed by atoms with E-state index >= 15 is 0 Å². The molecule has 1 N–H and O–H groups in total. The van der Waals surface area contributed by atoms with E-state index < -0.39 is 0 Å². The van der Waals surface area contributed by atoms with E-state index in [4.69, 9.17) is 0 Å². The van der Waals surface area contributed by atoms with Gasteiger partial charge >= 0.3 is 0 Å².